The normalized spacial score (nSPS) is 15.7. The molecule has 0 aromatic heterocycles. The minimum Gasteiger partial charge on any atom is -0.365 e. The van der Waals surface area contributed by atoms with Crippen LogP contribution in [0.25, 0.3) is 0 Å². The van der Waals surface area contributed by atoms with Crippen molar-refractivity contribution in [2.45, 2.75) is 25.6 Å². The van der Waals surface area contributed by atoms with Gasteiger partial charge in [-0.05, 0) is 0 Å². The van der Waals surface area contributed by atoms with Crippen LogP contribution < -0.4 is 16.0 Å². The summed E-state index contributed by atoms with van der Waals surface area (Å²) < 4.78 is 0. The van der Waals surface area contributed by atoms with Gasteiger partial charge in [0, 0.05) is 32.5 Å². The van der Waals surface area contributed by atoms with Crippen molar-refractivity contribution < 1.29 is 29.1 Å². The summed E-state index contributed by atoms with van der Waals surface area (Å²) in [5.41, 5.74) is 0. The van der Waals surface area contributed by atoms with Crippen molar-refractivity contribution in [2.75, 3.05) is 25.0 Å². The van der Waals surface area contributed by atoms with Gasteiger partial charge in [0.15, 0.2) is 6.35 Å². The van der Waals surface area contributed by atoms with Crippen molar-refractivity contribution in [3.63, 3.8) is 0 Å². The molecule has 0 bridgehead atoms. The Balaban J connectivity index is 2.08. The second kappa shape index (κ2) is 10.3. The van der Waals surface area contributed by atoms with Gasteiger partial charge in [0.05, 0.1) is 11.8 Å². The predicted octanol–water partition coefficient (Wildman–Crippen LogP) is -2.05. The maximum Gasteiger partial charge on any atom is 0.334 e. The lowest BCUT2D eigenvalue weighted by Crippen LogP contribution is -2.46. The van der Waals surface area contributed by atoms with E-state index >= 15 is 0 Å². The van der Waals surface area contributed by atoms with E-state index in [9.17, 15) is 24.3 Å². The summed E-state index contributed by atoms with van der Waals surface area (Å²) in [4.78, 5) is 49.6. The molecule has 4 N–H and O–H groups in total. The van der Waals surface area contributed by atoms with Gasteiger partial charge in [0.2, 0.25) is 5.91 Å². The number of imide groups is 1. The zero-order valence-electron chi connectivity index (χ0n) is 12.3. The average Bonchev–Trinajstić information content (AvgIpc) is 2.83. The van der Waals surface area contributed by atoms with Gasteiger partial charge in [-0.2, -0.15) is 0 Å². The molecule has 0 aromatic rings. The van der Waals surface area contributed by atoms with Gasteiger partial charge in [-0.3, -0.25) is 25.0 Å². The zero-order valence-corrected chi connectivity index (χ0v) is 13.9. The maximum atomic E-state index is 11.5. The number of carbonyl (C=O) groups excluding carboxylic acids is 4. The first-order valence-corrected chi connectivity index (χ1v) is 8.10. The largest absolute Gasteiger partial charge is 0.365 e. The Morgan fingerprint density at radius 3 is 2.39 bits per heavy atom. The number of hydrogen-bond acceptors (Lipinski definition) is 8. The Hall–Kier alpha value is -1.56. The highest BCUT2D eigenvalue weighted by atomic mass is 79.9. The Kier molecular flexibility index (Phi) is 8.69. The lowest BCUT2D eigenvalue weighted by molar-refractivity contribution is -0.197. The Bertz CT molecular complexity index is 445. The van der Waals surface area contributed by atoms with Gasteiger partial charge in [-0.15, -0.1) is 5.06 Å². The molecule has 0 aromatic carbocycles. The number of nitrogens with zero attached hydrogens (tertiary/aromatic N) is 1. The van der Waals surface area contributed by atoms with Gasteiger partial charge < -0.3 is 15.3 Å². The third-order valence-corrected chi connectivity index (χ3v) is 3.28. The third kappa shape index (κ3) is 7.50. The molecule has 23 heavy (non-hydrogen) atoms. The monoisotopic (exact) mass is 394 g/mol. The Labute approximate surface area is 141 Å². The molecule has 1 atom stereocenters. The summed E-state index contributed by atoms with van der Waals surface area (Å²) in [5, 5.41) is 18.1. The number of aliphatic hydroxyl groups is 1. The molecule has 11 heteroatoms. The van der Waals surface area contributed by atoms with Crippen LogP contribution in [0.1, 0.15) is 19.3 Å². The molecule has 130 valence electrons. The van der Waals surface area contributed by atoms with E-state index in [2.05, 4.69) is 36.7 Å². The summed E-state index contributed by atoms with van der Waals surface area (Å²) in [6.45, 7) is 0.746. The number of alkyl halides is 1. The first kappa shape index (κ1) is 19.5. The smallest absolute Gasteiger partial charge is 0.334 e. The molecule has 10 nitrogen and oxygen atoms in total. The van der Waals surface area contributed by atoms with E-state index in [-0.39, 0.29) is 37.0 Å². The summed E-state index contributed by atoms with van der Waals surface area (Å²) in [5.74, 6) is -1.99. The fourth-order valence-electron chi connectivity index (χ4n) is 1.65. The first-order valence-electron chi connectivity index (χ1n) is 6.98. The first-order chi connectivity index (χ1) is 10.9. The summed E-state index contributed by atoms with van der Waals surface area (Å²) >= 11 is 3.00. The number of hydrogen-bond donors (Lipinski definition) is 4. The molecule has 1 saturated heterocycles. The molecule has 0 aliphatic carbocycles. The van der Waals surface area contributed by atoms with Gasteiger partial charge in [0.25, 0.3) is 11.8 Å². The molecule has 0 radical (unpaired) electrons. The molecule has 1 aliphatic rings. The van der Waals surface area contributed by atoms with Crippen molar-refractivity contribution in [3.05, 3.63) is 0 Å². The highest BCUT2D eigenvalue weighted by Crippen LogP contribution is 2.12. The summed E-state index contributed by atoms with van der Waals surface area (Å²) in [7, 11) is 0. The van der Waals surface area contributed by atoms with Crippen molar-refractivity contribution in [3.8, 4) is 0 Å². The van der Waals surface area contributed by atoms with Crippen molar-refractivity contribution in [1.29, 1.82) is 0 Å². The molecule has 1 heterocycles. The number of nitrogens with one attached hydrogen (secondary N) is 3. The number of amides is 3. The van der Waals surface area contributed by atoms with Crippen LogP contribution in [0.5, 0.6) is 0 Å². The Morgan fingerprint density at radius 1 is 1.17 bits per heavy atom. The fourth-order valence-corrected chi connectivity index (χ4v) is 1.84. The SMILES string of the molecule is O=C(CBr)NCCNC(O)NCCC(=O)ON1C(=O)CCC1=O. The predicted molar refractivity (Wildman–Crippen MR) is 80.6 cm³/mol. The molecule has 1 aliphatic heterocycles. The van der Waals surface area contributed by atoms with Crippen LogP contribution in [-0.4, -0.2) is 65.2 Å². The van der Waals surface area contributed by atoms with Gasteiger partial charge in [-0.25, -0.2) is 4.79 Å². The Morgan fingerprint density at radius 2 is 1.78 bits per heavy atom. The van der Waals surface area contributed by atoms with Crippen LogP contribution in [-0.2, 0) is 24.0 Å². The number of hydroxylamine groups is 2. The molecule has 1 fully saturated rings. The van der Waals surface area contributed by atoms with Gasteiger partial charge in [0.1, 0.15) is 0 Å². The lowest BCUT2D eigenvalue weighted by Gasteiger charge is -2.15. The minimum absolute atomic E-state index is 0.0403. The van der Waals surface area contributed by atoms with Crippen LogP contribution in [0.2, 0.25) is 0 Å². The van der Waals surface area contributed by atoms with E-state index in [1.54, 1.807) is 0 Å². The van der Waals surface area contributed by atoms with E-state index in [0.717, 1.165) is 0 Å². The summed E-state index contributed by atoms with van der Waals surface area (Å²) in [6, 6.07) is 0. The average molecular weight is 395 g/mol. The molecule has 0 spiro atoms. The van der Waals surface area contributed by atoms with E-state index in [4.69, 9.17) is 0 Å². The topological polar surface area (TPSA) is 137 Å². The van der Waals surface area contributed by atoms with Crippen molar-refractivity contribution in [2.24, 2.45) is 0 Å². The van der Waals surface area contributed by atoms with Crippen LogP contribution in [0.3, 0.4) is 0 Å². The maximum absolute atomic E-state index is 11.5. The summed E-state index contributed by atoms with van der Waals surface area (Å²) in [6.07, 6.45) is -1.12. The highest BCUT2D eigenvalue weighted by molar-refractivity contribution is 9.09. The van der Waals surface area contributed by atoms with Crippen molar-refractivity contribution in [1.82, 2.24) is 21.0 Å². The van der Waals surface area contributed by atoms with Crippen molar-refractivity contribution >= 4 is 39.6 Å². The number of carbonyl (C=O) groups is 4. The van der Waals surface area contributed by atoms with E-state index in [1.807, 2.05) is 0 Å². The van der Waals surface area contributed by atoms with Crippen LogP contribution in [0, 0.1) is 0 Å². The number of rotatable bonds is 10. The van der Waals surface area contributed by atoms with E-state index < -0.39 is 24.1 Å². The standard InChI is InChI=1S/C12H19BrN4O6/c13-7-8(18)14-5-6-16-12(22)15-4-3-11(21)23-17-9(19)1-2-10(17)20/h12,15-16,22H,1-7H2,(H,14,18). The molecular formula is C12H19BrN4O6. The fraction of sp³-hybridized carbons (Fsp3) is 0.667. The molecule has 1 rings (SSSR count). The van der Waals surface area contributed by atoms with Gasteiger partial charge in [-0.1, -0.05) is 15.9 Å². The minimum atomic E-state index is -1.07. The zero-order chi connectivity index (χ0) is 17.2. The molecule has 3 amide bonds. The lowest BCUT2D eigenvalue weighted by atomic mass is 10.4. The second-order valence-electron chi connectivity index (χ2n) is 4.59. The highest BCUT2D eigenvalue weighted by Gasteiger charge is 2.32. The molecule has 0 saturated carbocycles. The number of aliphatic hydroxyl groups excluding tert-OH is 1. The second-order valence-corrected chi connectivity index (χ2v) is 5.15. The van der Waals surface area contributed by atoms with Crippen LogP contribution in [0.15, 0.2) is 0 Å². The molecule has 1 unspecified atom stereocenters. The third-order valence-electron chi connectivity index (χ3n) is 2.77. The van der Waals surface area contributed by atoms with Crippen LogP contribution in [0.4, 0.5) is 0 Å². The number of halogens is 1. The quantitative estimate of drug-likeness (QED) is 0.144. The van der Waals surface area contributed by atoms with Crippen LogP contribution >= 0.6 is 15.9 Å². The van der Waals surface area contributed by atoms with Gasteiger partial charge >= 0.3 is 5.97 Å². The van der Waals surface area contributed by atoms with E-state index in [1.165, 1.54) is 0 Å². The molecular weight excluding hydrogens is 376 g/mol. The van der Waals surface area contributed by atoms with E-state index in [0.29, 0.717) is 18.2 Å².